The van der Waals surface area contributed by atoms with Crippen molar-refractivity contribution in [3.63, 3.8) is 0 Å². The Morgan fingerprint density at radius 1 is 1.24 bits per heavy atom. The number of aromatic nitrogens is 3. The number of carbonyl (C=O) groups is 1. The molecule has 0 bridgehead atoms. The zero-order chi connectivity index (χ0) is 20.1. The highest BCUT2D eigenvalue weighted by atomic mass is 16.1. The van der Waals surface area contributed by atoms with Crippen LogP contribution in [0.1, 0.15) is 42.8 Å². The molecule has 7 nitrogen and oxygen atoms in total. The summed E-state index contributed by atoms with van der Waals surface area (Å²) in [6.45, 7) is 7.71. The quantitative estimate of drug-likeness (QED) is 0.782. The predicted octanol–water partition coefficient (Wildman–Crippen LogP) is 2.11. The molecule has 2 aliphatic heterocycles. The molecule has 0 unspecified atom stereocenters. The van der Waals surface area contributed by atoms with E-state index in [1.54, 1.807) is 6.20 Å². The lowest BCUT2D eigenvalue weighted by atomic mass is 9.93. The molecule has 1 atom stereocenters. The molecule has 156 valence electrons. The zero-order valence-corrected chi connectivity index (χ0v) is 17.3. The van der Waals surface area contributed by atoms with Crippen molar-refractivity contribution in [3.8, 4) is 0 Å². The second kappa shape index (κ2) is 9.50. The van der Waals surface area contributed by atoms with Gasteiger partial charge < -0.3 is 10.3 Å². The molecule has 2 aliphatic rings. The first kappa shape index (κ1) is 20.0. The van der Waals surface area contributed by atoms with Gasteiger partial charge in [-0.2, -0.15) is 0 Å². The first-order chi connectivity index (χ1) is 14.2. The number of nitrogens with one attached hydrogen (secondary N) is 2. The van der Waals surface area contributed by atoms with Crippen molar-refractivity contribution in [2.75, 3.05) is 26.2 Å². The van der Waals surface area contributed by atoms with Crippen molar-refractivity contribution < 1.29 is 4.79 Å². The van der Waals surface area contributed by atoms with E-state index < -0.39 is 0 Å². The van der Waals surface area contributed by atoms with Crippen LogP contribution < -0.4 is 5.32 Å². The molecule has 4 heterocycles. The van der Waals surface area contributed by atoms with Crippen LogP contribution in [0.3, 0.4) is 0 Å². The maximum Gasteiger partial charge on any atom is 0.224 e. The Balaban J connectivity index is 1.23. The van der Waals surface area contributed by atoms with Crippen LogP contribution in [0, 0.1) is 12.8 Å². The molecular formula is C22H32N6O. The van der Waals surface area contributed by atoms with Gasteiger partial charge in [0.05, 0.1) is 12.5 Å². The number of imidazole rings is 1. The van der Waals surface area contributed by atoms with Gasteiger partial charge in [-0.25, -0.2) is 4.98 Å². The SMILES string of the molecule is Cc1cnc(CN2CCC(N3CCC[C@H](C(=O)NCc4cccnc4)C3)CC2)[nH]1. The average Bonchev–Trinajstić information content (AvgIpc) is 3.18. The predicted molar refractivity (Wildman–Crippen MR) is 112 cm³/mol. The largest absolute Gasteiger partial charge is 0.352 e. The molecule has 0 aromatic carbocycles. The van der Waals surface area contributed by atoms with Gasteiger partial charge in [-0.05, 0) is 50.8 Å². The van der Waals surface area contributed by atoms with Crippen LogP contribution in [-0.4, -0.2) is 62.9 Å². The molecule has 0 spiro atoms. The molecule has 29 heavy (non-hydrogen) atoms. The third kappa shape index (κ3) is 5.42. The van der Waals surface area contributed by atoms with Crippen LogP contribution in [0.25, 0.3) is 0 Å². The number of pyridine rings is 1. The standard InChI is InChI=1S/C22H32N6O/c1-17-12-24-21(26-17)16-27-10-6-20(7-11-27)28-9-3-5-19(15-28)22(29)25-14-18-4-2-8-23-13-18/h2,4,8,12-13,19-20H,3,5-7,9-11,14-16H2,1H3,(H,24,26)(H,25,29)/t19-/m0/s1. The topological polar surface area (TPSA) is 77.2 Å². The fourth-order valence-electron chi connectivity index (χ4n) is 4.59. The number of piperidine rings is 2. The number of H-pyrrole nitrogens is 1. The smallest absolute Gasteiger partial charge is 0.224 e. The van der Waals surface area contributed by atoms with Gasteiger partial charge in [0, 0.05) is 56.5 Å². The minimum absolute atomic E-state index is 0.101. The molecule has 1 amide bonds. The molecule has 0 saturated carbocycles. The second-order valence-corrected chi connectivity index (χ2v) is 8.43. The number of aryl methyl sites for hydroxylation is 1. The highest BCUT2D eigenvalue weighted by Gasteiger charge is 2.31. The first-order valence-corrected chi connectivity index (χ1v) is 10.8. The Morgan fingerprint density at radius 3 is 2.83 bits per heavy atom. The van der Waals surface area contributed by atoms with Crippen LogP contribution >= 0.6 is 0 Å². The van der Waals surface area contributed by atoms with Crippen LogP contribution in [0.15, 0.2) is 30.7 Å². The summed E-state index contributed by atoms with van der Waals surface area (Å²) in [5.41, 5.74) is 2.17. The Kier molecular flexibility index (Phi) is 6.56. The number of carbonyl (C=O) groups excluding carboxylic acids is 1. The minimum atomic E-state index is 0.101. The summed E-state index contributed by atoms with van der Waals surface area (Å²) in [5, 5.41) is 3.10. The number of hydrogen-bond acceptors (Lipinski definition) is 5. The van der Waals surface area contributed by atoms with E-state index in [2.05, 4.69) is 30.1 Å². The van der Waals surface area contributed by atoms with Crippen molar-refractivity contribution in [1.82, 2.24) is 30.1 Å². The maximum absolute atomic E-state index is 12.7. The van der Waals surface area contributed by atoms with Gasteiger partial charge in [-0.15, -0.1) is 0 Å². The molecule has 0 radical (unpaired) electrons. The summed E-state index contributed by atoms with van der Waals surface area (Å²) in [6, 6.07) is 4.50. The average molecular weight is 397 g/mol. The zero-order valence-electron chi connectivity index (χ0n) is 17.3. The van der Waals surface area contributed by atoms with E-state index in [-0.39, 0.29) is 11.8 Å². The lowest BCUT2D eigenvalue weighted by Crippen LogP contribution is -2.50. The fraction of sp³-hybridized carbons (Fsp3) is 0.591. The maximum atomic E-state index is 12.7. The van der Waals surface area contributed by atoms with Crippen LogP contribution in [0.4, 0.5) is 0 Å². The van der Waals surface area contributed by atoms with Crippen LogP contribution in [0.2, 0.25) is 0 Å². The van der Waals surface area contributed by atoms with Crippen LogP contribution in [0.5, 0.6) is 0 Å². The van der Waals surface area contributed by atoms with E-state index in [4.69, 9.17) is 0 Å². The highest BCUT2D eigenvalue weighted by molar-refractivity contribution is 5.78. The van der Waals surface area contributed by atoms with E-state index in [9.17, 15) is 4.79 Å². The van der Waals surface area contributed by atoms with Gasteiger partial charge in [0.15, 0.2) is 0 Å². The normalized spacial score (nSPS) is 21.9. The summed E-state index contributed by atoms with van der Waals surface area (Å²) in [4.78, 5) is 29.6. The van der Waals surface area contributed by atoms with Crippen molar-refractivity contribution in [3.05, 3.63) is 47.8 Å². The molecule has 2 fully saturated rings. The molecule has 2 aromatic rings. The molecule has 0 aliphatic carbocycles. The Bertz CT molecular complexity index is 784. The van der Waals surface area contributed by atoms with E-state index in [1.807, 2.05) is 31.5 Å². The third-order valence-electron chi connectivity index (χ3n) is 6.22. The third-order valence-corrected chi connectivity index (χ3v) is 6.22. The lowest BCUT2D eigenvalue weighted by molar-refractivity contribution is -0.127. The second-order valence-electron chi connectivity index (χ2n) is 8.43. The van der Waals surface area contributed by atoms with E-state index >= 15 is 0 Å². The van der Waals surface area contributed by atoms with E-state index in [0.717, 1.165) is 62.6 Å². The van der Waals surface area contributed by atoms with Gasteiger partial charge in [0.1, 0.15) is 5.82 Å². The number of hydrogen-bond donors (Lipinski definition) is 2. The highest BCUT2D eigenvalue weighted by Crippen LogP contribution is 2.24. The van der Waals surface area contributed by atoms with Crippen LogP contribution in [-0.2, 0) is 17.9 Å². The molecule has 2 N–H and O–H groups in total. The molecule has 7 heteroatoms. The van der Waals surface area contributed by atoms with E-state index in [1.165, 1.54) is 12.8 Å². The molecule has 2 aromatic heterocycles. The summed E-state index contributed by atoms with van der Waals surface area (Å²) in [6.07, 6.45) is 9.90. The fourth-order valence-corrected chi connectivity index (χ4v) is 4.59. The molecule has 4 rings (SSSR count). The van der Waals surface area contributed by atoms with Gasteiger partial charge in [-0.3, -0.25) is 19.6 Å². The molecular weight excluding hydrogens is 364 g/mol. The van der Waals surface area contributed by atoms with Crippen molar-refractivity contribution >= 4 is 5.91 Å². The Labute approximate surface area is 172 Å². The monoisotopic (exact) mass is 396 g/mol. The summed E-state index contributed by atoms with van der Waals surface area (Å²) >= 11 is 0. The van der Waals surface area contributed by atoms with Crippen molar-refractivity contribution in [1.29, 1.82) is 0 Å². The summed E-state index contributed by atoms with van der Waals surface area (Å²) in [7, 11) is 0. The minimum Gasteiger partial charge on any atom is -0.352 e. The van der Waals surface area contributed by atoms with E-state index in [0.29, 0.717) is 12.6 Å². The number of amides is 1. The number of likely N-dealkylation sites (tertiary alicyclic amines) is 2. The number of nitrogens with zero attached hydrogens (tertiary/aromatic N) is 4. The van der Waals surface area contributed by atoms with Crippen molar-refractivity contribution in [2.45, 2.75) is 51.7 Å². The molecule has 2 saturated heterocycles. The van der Waals surface area contributed by atoms with Gasteiger partial charge in [0.25, 0.3) is 0 Å². The Hall–Kier alpha value is -2.25. The van der Waals surface area contributed by atoms with Gasteiger partial charge in [-0.1, -0.05) is 6.07 Å². The summed E-state index contributed by atoms with van der Waals surface area (Å²) < 4.78 is 0. The van der Waals surface area contributed by atoms with Gasteiger partial charge in [0.2, 0.25) is 5.91 Å². The van der Waals surface area contributed by atoms with Crippen molar-refractivity contribution in [2.24, 2.45) is 5.92 Å². The lowest BCUT2D eigenvalue weighted by Gasteiger charge is -2.41. The summed E-state index contributed by atoms with van der Waals surface area (Å²) in [5.74, 6) is 1.35. The number of rotatable bonds is 6. The Morgan fingerprint density at radius 2 is 2.10 bits per heavy atom. The number of aromatic amines is 1. The van der Waals surface area contributed by atoms with Gasteiger partial charge >= 0.3 is 0 Å². The first-order valence-electron chi connectivity index (χ1n) is 10.8.